The van der Waals surface area contributed by atoms with E-state index in [1.807, 2.05) is 6.08 Å². The van der Waals surface area contributed by atoms with Crippen LogP contribution in [0.1, 0.15) is 69.1 Å². The van der Waals surface area contributed by atoms with Gasteiger partial charge in [0.05, 0.1) is 0 Å². The van der Waals surface area contributed by atoms with Crippen LogP contribution >= 0.6 is 0 Å². The molecule has 0 heterocycles. The van der Waals surface area contributed by atoms with Crippen molar-refractivity contribution in [2.24, 2.45) is 17.3 Å². The zero-order valence-corrected chi connectivity index (χ0v) is 12.3. The van der Waals surface area contributed by atoms with E-state index in [1.54, 1.807) is 0 Å². The van der Waals surface area contributed by atoms with Crippen molar-refractivity contribution >= 4 is 7.12 Å². The quantitative estimate of drug-likeness (QED) is 0.637. The predicted octanol–water partition coefficient (Wildman–Crippen LogP) is 4.63. The fourth-order valence-electron chi connectivity index (χ4n) is 3.54. The highest BCUT2D eigenvalue weighted by Crippen LogP contribution is 2.60. The Kier molecular flexibility index (Phi) is 6.54. The number of allylic oxidation sites excluding steroid dienone is 4. The first-order valence-electron chi connectivity index (χ1n) is 7.88. The first-order chi connectivity index (χ1) is 9.11. The van der Waals surface area contributed by atoms with Crippen molar-refractivity contribution in [1.29, 1.82) is 0 Å². The highest BCUT2D eigenvalue weighted by atomic mass is 16.4. The molecule has 0 aromatic carbocycles. The van der Waals surface area contributed by atoms with Crippen molar-refractivity contribution in [2.75, 3.05) is 0 Å². The van der Waals surface area contributed by atoms with Gasteiger partial charge in [0.1, 0.15) is 0 Å². The zero-order valence-electron chi connectivity index (χ0n) is 12.3. The lowest BCUT2D eigenvalue weighted by Crippen LogP contribution is -2.17. The molecule has 3 heteroatoms. The van der Waals surface area contributed by atoms with Crippen LogP contribution < -0.4 is 0 Å². The Hall–Kier alpha value is -0.535. The summed E-state index contributed by atoms with van der Waals surface area (Å²) in [5, 5.41) is 18.3. The van der Waals surface area contributed by atoms with Crippen LogP contribution in [-0.2, 0) is 0 Å². The second-order valence-electron chi connectivity index (χ2n) is 6.37. The van der Waals surface area contributed by atoms with Crippen LogP contribution in [0.15, 0.2) is 23.7 Å². The third-order valence-corrected chi connectivity index (χ3v) is 5.01. The van der Waals surface area contributed by atoms with Crippen LogP contribution in [0.5, 0.6) is 0 Å². The number of hydrogen-bond acceptors (Lipinski definition) is 2. The van der Waals surface area contributed by atoms with Gasteiger partial charge in [-0.2, -0.15) is 0 Å². The van der Waals surface area contributed by atoms with Crippen LogP contribution in [-0.4, -0.2) is 17.2 Å². The van der Waals surface area contributed by atoms with Crippen LogP contribution in [0.2, 0.25) is 0 Å². The number of fused-ring (bicyclic) bond motifs is 1. The van der Waals surface area contributed by atoms with Crippen LogP contribution in [0.25, 0.3) is 0 Å². The summed E-state index contributed by atoms with van der Waals surface area (Å²) < 4.78 is 0. The first-order valence-corrected chi connectivity index (χ1v) is 7.88. The molecule has 1 saturated carbocycles. The third kappa shape index (κ3) is 3.99. The van der Waals surface area contributed by atoms with Crippen molar-refractivity contribution in [3.05, 3.63) is 23.7 Å². The summed E-state index contributed by atoms with van der Waals surface area (Å²) in [5.41, 5.74) is 1.04. The van der Waals surface area contributed by atoms with Crippen molar-refractivity contribution < 1.29 is 12.9 Å². The summed E-state index contributed by atoms with van der Waals surface area (Å²) in [6.45, 7) is 4.57. The maximum atomic E-state index is 9.17. The van der Waals surface area contributed by atoms with Gasteiger partial charge in [0.25, 0.3) is 0 Å². The Balaban J connectivity index is 0. The minimum Gasteiger partial charge on any atom is -0.423 e. The first kappa shape index (κ1) is 17.5. The SMILES string of the molecule is C.CCC[C@H](CC)CCCC12C=CC(B(O)O)=CC1C2.[HH].[HH]. The Bertz CT molecular complexity index is 372. The van der Waals surface area contributed by atoms with Crippen LogP contribution in [0.4, 0.5) is 0 Å². The Morgan fingerprint density at radius 2 is 2.15 bits per heavy atom. The van der Waals surface area contributed by atoms with E-state index in [2.05, 4.69) is 26.0 Å². The van der Waals surface area contributed by atoms with Gasteiger partial charge in [-0.25, -0.2) is 0 Å². The molecule has 3 atom stereocenters. The average Bonchev–Trinajstić information content (AvgIpc) is 3.10. The van der Waals surface area contributed by atoms with E-state index in [0.29, 0.717) is 16.8 Å². The summed E-state index contributed by atoms with van der Waals surface area (Å²) in [5.74, 6) is 1.46. The molecule has 2 rings (SSSR count). The fraction of sp³-hybridized carbons (Fsp3) is 0.765. The Morgan fingerprint density at radius 1 is 1.40 bits per heavy atom. The van der Waals surface area contributed by atoms with Gasteiger partial charge in [-0.3, -0.25) is 0 Å². The van der Waals surface area contributed by atoms with Crippen molar-refractivity contribution in [3.63, 3.8) is 0 Å². The molecule has 0 amide bonds. The van der Waals surface area contributed by atoms with Crippen LogP contribution in [0, 0.1) is 17.3 Å². The van der Waals surface area contributed by atoms with Gasteiger partial charge in [-0.05, 0) is 35.6 Å². The van der Waals surface area contributed by atoms with E-state index in [-0.39, 0.29) is 10.3 Å². The van der Waals surface area contributed by atoms with E-state index in [1.165, 1.54) is 44.9 Å². The molecule has 0 saturated heterocycles. The molecule has 20 heavy (non-hydrogen) atoms. The zero-order chi connectivity index (χ0) is 13.9. The predicted molar refractivity (Wildman–Crippen MR) is 91.5 cm³/mol. The number of rotatable bonds is 8. The van der Waals surface area contributed by atoms with Gasteiger partial charge in [0, 0.05) is 2.85 Å². The monoisotopic (exact) mass is 282 g/mol. The minimum atomic E-state index is -1.30. The fourth-order valence-corrected chi connectivity index (χ4v) is 3.54. The van der Waals surface area contributed by atoms with Gasteiger partial charge in [-0.1, -0.05) is 71.6 Å². The molecule has 2 N–H and O–H groups in total. The molecule has 0 bridgehead atoms. The summed E-state index contributed by atoms with van der Waals surface area (Å²) in [4.78, 5) is 0. The molecule has 118 valence electrons. The second kappa shape index (κ2) is 7.47. The van der Waals surface area contributed by atoms with Crippen LogP contribution in [0.3, 0.4) is 0 Å². The van der Waals surface area contributed by atoms with E-state index < -0.39 is 7.12 Å². The summed E-state index contributed by atoms with van der Waals surface area (Å²) in [6, 6.07) is 0. The lowest BCUT2D eigenvalue weighted by atomic mass is 9.74. The largest absolute Gasteiger partial charge is 0.488 e. The summed E-state index contributed by atoms with van der Waals surface area (Å²) in [7, 11) is -1.30. The lowest BCUT2D eigenvalue weighted by Gasteiger charge is -2.18. The van der Waals surface area contributed by atoms with Gasteiger partial charge >= 0.3 is 7.12 Å². The molecule has 0 spiro atoms. The maximum absolute atomic E-state index is 9.17. The molecule has 0 aromatic rings. The minimum absolute atomic E-state index is 0. The topological polar surface area (TPSA) is 40.5 Å². The van der Waals surface area contributed by atoms with E-state index in [0.717, 1.165) is 5.92 Å². The molecule has 2 aliphatic rings. The van der Waals surface area contributed by atoms with Crippen molar-refractivity contribution in [3.8, 4) is 0 Å². The average molecular weight is 282 g/mol. The maximum Gasteiger partial charge on any atom is 0.488 e. The van der Waals surface area contributed by atoms with E-state index in [4.69, 9.17) is 0 Å². The standard InChI is InChI=1S/C16H27BO2.CH4.2H2/c1-3-6-13(4-2)7-5-9-16-10-8-15(17(18)19)11-14(16)12-16;;;/h8,10-11,13-14,18-19H,3-7,9,12H2,1-2H3;1H4;2*1H/t13-,14?,16?;;;/m0.../s1. The molecule has 0 aliphatic heterocycles. The van der Waals surface area contributed by atoms with Gasteiger partial charge in [0.2, 0.25) is 0 Å². The molecular formula is C17H35BO2. The Labute approximate surface area is 128 Å². The highest BCUT2D eigenvalue weighted by molar-refractivity contribution is 6.51. The Morgan fingerprint density at radius 3 is 2.70 bits per heavy atom. The number of hydrogen-bond donors (Lipinski definition) is 2. The normalized spacial score (nSPS) is 28.2. The molecule has 1 fully saturated rings. The summed E-state index contributed by atoms with van der Waals surface area (Å²) >= 11 is 0. The molecule has 2 nitrogen and oxygen atoms in total. The van der Waals surface area contributed by atoms with Crippen molar-refractivity contribution in [1.82, 2.24) is 0 Å². The van der Waals surface area contributed by atoms with E-state index >= 15 is 0 Å². The van der Waals surface area contributed by atoms with Crippen molar-refractivity contribution in [2.45, 2.75) is 66.2 Å². The van der Waals surface area contributed by atoms with Gasteiger partial charge < -0.3 is 10.0 Å². The lowest BCUT2D eigenvalue weighted by molar-refractivity contribution is 0.388. The highest BCUT2D eigenvalue weighted by Gasteiger charge is 2.51. The smallest absolute Gasteiger partial charge is 0.423 e. The third-order valence-electron chi connectivity index (χ3n) is 5.01. The molecule has 2 aliphatic carbocycles. The van der Waals surface area contributed by atoms with Gasteiger partial charge in [0.15, 0.2) is 0 Å². The summed E-state index contributed by atoms with van der Waals surface area (Å²) in [6.07, 6.45) is 15.3. The second-order valence-corrected chi connectivity index (χ2v) is 6.37. The molecule has 0 radical (unpaired) electrons. The molecule has 2 unspecified atom stereocenters. The molecular weight excluding hydrogens is 247 g/mol. The molecule has 0 aromatic heterocycles. The van der Waals surface area contributed by atoms with Gasteiger partial charge in [-0.15, -0.1) is 0 Å². The van der Waals surface area contributed by atoms with E-state index in [9.17, 15) is 10.0 Å².